The third-order valence-electron chi connectivity index (χ3n) is 2.12. The summed E-state index contributed by atoms with van der Waals surface area (Å²) in [5.74, 6) is -2.43. The van der Waals surface area contributed by atoms with Crippen molar-refractivity contribution in [2.45, 2.75) is 0 Å². The lowest BCUT2D eigenvalue weighted by Gasteiger charge is -2.10. The molecule has 0 saturated carbocycles. The van der Waals surface area contributed by atoms with Crippen LogP contribution in [0.1, 0.15) is 10.4 Å². The molecule has 108 valence electrons. The molecule has 0 spiro atoms. The van der Waals surface area contributed by atoms with Crippen LogP contribution in [0.15, 0.2) is 18.2 Å². The van der Waals surface area contributed by atoms with Gasteiger partial charge < -0.3 is 19.9 Å². The zero-order valence-corrected chi connectivity index (χ0v) is 11.3. The normalized spacial score (nSPS) is 9.90. The van der Waals surface area contributed by atoms with Crippen LogP contribution in [0, 0.1) is 0 Å². The number of methoxy groups -OCH3 is 1. The number of esters is 1. The molecular formula is C12H12ClNO6. The molecule has 0 saturated heterocycles. The van der Waals surface area contributed by atoms with Crippen LogP contribution in [0.4, 0.5) is 5.69 Å². The molecule has 0 aliphatic rings. The van der Waals surface area contributed by atoms with Gasteiger partial charge in [0.2, 0.25) is 5.91 Å². The Bertz CT molecular complexity index is 531. The van der Waals surface area contributed by atoms with Gasteiger partial charge >= 0.3 is 11.9 Å². The van der Waals surface area contributed by atoms with Gasteiger partial charge in [0.1, 0.15) is 13.2 Å². The lowest BCUT2D eigenvalue weighted by molar-refractivity contribution is -0.143. The molecule has 0 fully saturated rings. The Balaban J connectivity index is 2.75. The quantitative estimate of drug-likeness (QED) is 0.765. The number of rotatable bonds is 6. The minimum absolute atomic E-state index is 0.128. The van der Waals surface area contributed by atoms with Crippen LogP contribution in [0.5, 0.6) is 0 Å². The first-order valence-corrected chi connectivity index (χ1v) is 5.79. The predicted octanol–water partition coefficient (Wildman–Crippen LogP) is 1.17. The van der Waals surface area contributed by atoms with E-state index in [1.165, 1.54) is 25.3 Å². The molecule has 0 aliphatic carbocycles. The number of halogens is 1. The summed E-state index contributed by atoms with van der Waals surface area (Å²) in [5.41, 5.74) is 0.289. The van der Waals surface area contributed by atoms with E-state index in [4.69, 9.17) is 16.7 Å². The average Bonchev–Trinajstić information content (AvgIpc) is 2.37. The number of benzene rings is 1. The van der Waals surface area contributed by atoms with Gasteiger partial charge in [0, 0.05) is 5.02 Å². The molecule has 1 rings (SSSR count). The largest absolute Gasteiger partial charge is 0.480 e. The summed E-state index contributed by atoms with van der Waals surface area (Å²) >= 11 is 5.78. The molecule has 0 unspecified atom stereocenters. The molecule has 0 aromatic heterocycles. The van der Waals surface area contributed by atoms with Crippen LogP contribution in [0.2, 0.25) is 5.02 Å². The number of carboxylic acids is 1. The minimum atomic E-state index is -1.18. The Morgan fingerprint density at radius 3 is 2.60 bits per heavy atom. The van der Waals surface area contributed by atoms with Gasteiger partial charge in [-0.05, 0) is 18.2 Å². The first kappa shape index (κ1) is 15.9. The molecule has 20 heavy (non-hydrogen) atoms. The summed E-state index contributed by atoms with van der Waals surface area (Å²) in [6, 6.07) is 4.26. The van der Waals surface area contributed by atoms with E-state index in [0.717, 1.165) is 0 Å². The lowest BCUT2D eigenvalue weighted by atomic mass is 10.2. The number of hydrogen-bond acceptors (Lipinski definition) is 5. The highest BCUT2D eigenvalue weighted by molar-refractivity contribution is 6.31. The molecule has 8 heteroatoms. The average molecular weight is 302 g/mol. The summed E-state index contributed by atoms with van der Waals surface area (Å²) in [5, 5.41) is 11.1. The van der Waals surface area contributed by atoms with Crippen LogP contribution < -0.4 is 5.32 Å². The number of ether oxygens (including phenoxy) is 2. The second-order valence-electron chi connectivity index (χ2n) is 3.62. The number of carbonyl (C=O) groups is 3. The summed E-state index contributed by atoms with van der Waals surface area (Å²) in [4.78, 5) is 33.3. The van der Waals surface area contributed by atoms with Crippen molar-refractivity contribution in [1.29, 1.82) is 0 Å². The molecule has 1 aromatic carbocycles. The van der Waals surface area contributed by atoms with Crippen molar-refractivity contribution < 1.29 is 29.0 Å². The number of carboxylic acid groups (broad SMARTS) is 1. The third kappa shape index (κ3) is 4.87. The van der Waals surface area contributed by atoms with Crippen molar-refractivity contribution in [3.05, 3.63) is 28.8 Å². The monoisotopic (exact) mass is 301 g/mol. The maximum Gasteiger partial charge on any atom is 0.339 e. The molecule has 0 aliphatic heterocycles. The van der Waals surface area contributed by atoms with E-state index in [1.54, 1.807) is 0 Å². The van der Waals surface area contributed by atoms with Crippen molar-refractivity contribution in [2.75, 3.05) is 25.6 Å². The molecule has 0 bridgehead atoms. The highest BCUT2D eigenvalue weighted by Crippen LogP contribution is 2.21. The Hall–Kier alpha value is -2.12. The second kappa shape index (κ2) is 7.46. The highest BCUT2D eigenvalue weighted by Gasteiger charge is 2.14. The molecule has 0 heterocycles. The number of aliphatic carboxylic acids is 1. The van der Waals surface area contributed by atoms with Crippen LogP contribution in [0.25, 0.3) is 0 Å². The molecule has 7 nitrogen and oxygen atoms in total. The van der Waals surface area contributed by atoms with Gasteiger partial charge in [-0.25, -0.2) is 9.59 Å². The molecule has 2 N–H and O–H groups in total. The van der Waals surface area contributed by atoms with Crippen molar-refractivity contribution in [2.24, 2.45) is 0 Å². The Morgan fingerprint density at radius 1 is 1.30 bits per heavy atom. The van der Waals surface area contributed by atoms with E-state index in [0.29, 0.717) is 5.02 Å². The van der Waals surface area contributed by atoms with Crippen LogP contribution in [-0.2, 0) is 19.1 Å². The van der Waals surface area contributed by atoms with Crippen LogP contribution in [-0.4, -0.2) is 43.3 Å². The number of anilines is 1. The lowest BCUT2D eigenvalue weighted by Crippen LogP contribution is -2.22. The first-order chi connectivity index (χ1) is 9.43. The number of carbonyl (C=O) groups excluding carboxylic acids is 2. The second-order valence-corrected chi connectivity index (χ2v) is 4.05. The topological polar surface area (TPSA) is 102 Å². The molecule has 0 radical (unpaired) electrons. The van der Waals surface area contributed by atoms with E-state index >= 15 is 0 Å². The Labute approximate surface area is 119 Å². The van der Waals surface area contributed by atoms with E-state index in [1.807, 2.05) is 0 Å². The van der Waals surface area contributed by atoms with Gasteiger partial charge in [0.05, 0.1) is 18.4 Å². The number of hydrogen-bond donors (Lipinski definition) is 2. The third-order valence-corrected chi connectivity index (χ3v) is 2.35. The summed E-state index contributed by atoms with van der Waals surface area (Å²) < 4.78 is 9.19. The predicted molar refractivity (Wildman–Crippen MR) is 69.9 cm³/mol. The minimum Gasteiger partial charge on any atom is -0.480 e. The van der Waals surface area contributed by atoms with E-state index < -0.39 is 31.1 Å². The van der Waals surface area contributed by atoms with Crippen molar-refractivity contribution in [3.63, 3.8) is 0 Å². The van der Waals surface area contributed by atoms with Gasteiger partial charge in [-0.1, -0.05) is 11.6 Å². The smallest absolute Gasteiger partial charge is 0.339 e. The SMILES string of the molecule is COC(=O)c1ccc(Cl)cc1NC(=O)COCC(=O)O. The van der Waals surface area contributed by atoms with Gasteiger partial charge in [0.15, 0.2) is 0 Å². The summed E-state index contributed by atoms with van der Waals surface area (Å²) in [6.45, 7) is -1.05. The molecular weight excluding hydrogens is 290 g/mol. The first-order valence-electron chi connectivity index (χ1n) is 5.41. The van der Waals surface area contributed by atoms with Crippen molar-refractivity contribution in [3.8, 4) is 0 Å². The van der Waals surface area contributed by atoms with E-state index in [9.17, 15) is 14.4 Å². The van der Waals surface area contributed by atoms with E-state index in [-0.39, 0.29) is 11.3 Å². The fourth-order valence-electron chi connectivity index (χ4n) is 1.33. The Kier molecular flexibility index (Phi) is 5.95. The molecule has 1 amide bonds. The molecule has 1 aromatic rings. The van der Waals surface area contributed by atoms with Crippen LogP contribution in [0.3, 0.4) is 0 Å². The van der Waals surface area contributed by atoms with Crippen molar-refractivity contribution in [1.82, 2.24) is 0 Å². The number of nitrogens with one attached hydrogen (secondary N) is 1. The fourth-order valence-corrected chi connectivity index (χ4v) is 1.50. The Morgan fingerprint density at radius 2 is 2.00 bits per heavy atom. The maximum absolute atomic E-state index is 11.5. The van der Waals surface area contributed by atoms with Gasteiger partial charge in [-0.2, -0.15) is 0 Å². The zero-order chi connectivity index (χ0) is 15.1. The maximum atomic E-state index is 11.5. The molecule has 0 atom stereocenters. The standard InChI is InChI=1S/C12H12ClNO6/c1-19-12(18)8-3-2-7(13)4-9(8)14-10(15)5-20-6-11(16)17/h2-4H,5-6H2,1H3,(H,14,15)(H,16,17). The van der Waals surface area contributed by atoms with Gasteiger partial charge in [0.25, 0.3) is 0 Å². The van der Waals surface area contributed by atoms with E-state index in [2.05, 4.69) is 14.8 Å². The highest BCUT2D eigenvalue weighted by atomic mass is 35.5. The number of amides is 1. The summed E-state index contributed by atoms with van der Waals surface area (Å²) in [6.07, 6.45) is 0. The fraction of sp³-hybridized carbons (Fsp3) is 0.250. The van der Waals surface area contributed by atoms with Crippen LogP contribution >= 0.6 is 11.6 Å². The zero-order valence-electron chi connectivity index (χ0n) is 10.5. The summed E-state index contributed by atoms with van der Waals surface area (Å²) in [7, 11) is 1.21. The van der Waals surface area contributed by atoms with Gasteiger partial charge in [-0.15, -0.1) is 0 Å². The van der Waals surface area contributed by atoms with Gasteiger partial charge in [-0.3, -0.25) is 4.79 Å². The van der Waals surface area contributed by atoms with Crippen molar-refractivity contribution >= 4 is 35.1 Å².